The predicted octanol–water partition coefficient (Wildman–Crippen LogP) is 8.69. The molecule has 49 heavy (non-hydrogen) atoms. The lowest BCUT2D eigenvalue weighted by atomic mass is 9.95. The number of thiazole rings is 1. The average molecular weight is 754 g/mol. The van der Waals surface area contributed by atoms with Gasteiger partial charge < -0.3 is 14.8 Å². The maximum atomic E-state index is 14.2. The number of ether oxygens (including phenoxy) is 2. The number of carbonyl (C=O) groups is 1. The van der Waals surface area contributed by atoms with Gasteiger partial charge in [-0.2, -0.15) is 0 Å². The summed E-state index contributed by atoms with van der Waals surface area (Å²) in [5.74, 6) is 0.579. The van der Waals surface area contributed by atoms with Crippen LogP contribution in [0.15, 0.2) is 93.9 Å². The lowest BCUT2D eigenvalue weighted by molar-refractivity contribution is -0.113. The van der Waals surface area contributed by atoms with Crippen LogP contribution in [0.5, 0.6) is 11.5 Å². The van der Waals surface area contributed by atoms with Crippen molar-refractivity contribution in [1.82, 2.24) is 4.57 Å². The van der Waals surface area contributed by atoms with Crippen LogP contribution < -0.4 is 29.7 Å². The Morgan fingerprint density at radius 3 is 2.31 bits per heavy atom. The molecule has 4 aromatic carbocycles. The van der Waals surface area contributed by atoms with E-state index in [-0.39, 0.29) is 33.9 Å². The predicted molar refractivity (Wildman–Crippen MR) is 199 cm³/mol. The second-order valence-electron chi connectivity index (χ2n) is 11.5. The van der Waals surface area contributed by atoms with Crippen molar-refractivity contribution in [3.63, 3.8) is 0 Å². The molecule has 0 bridgehead atoms. The Balaban J connectivity index is 1.39. The molecule has 1 atom stereocenters. The minimum absolute atomic E-state index is 0.123. The highest BCUT2D eigenvalue weighted by molar-refractivity contribution is 7.07. The number of anilines is 1. The van der Waals surface area contributed by atoms with Gasteiger partial charge in [-0.3, -0.25) is 14.2 Å². The number of carbonyl (C=O) groups excluding carboxylic acids is 1. The fraction of sp³-hybridized carbons (Fsp3) is 0.162. The number of nitrogens with one attached hydrogen (secondary N) is 1. The quantitative estimate of drug-likeness (QED) is 0.172. The van der Waals surface area contributed by atoms with Crippen molar-refractivity contribution in [1.29, 1.82) is 0 Å². The normalized spacial score (nSPS) is 14.4. The zero-order valence-electron chi connectivity index (χ0n) is 26.7. The van der Waals surface area contributed by atoms with Crippen molar-refractivity contribution in [2.45, 2.75) is 33.4 Å². The van der Waals surface area contributed by atoms with Crippen LogP contribution in [0.3, 0.4) is 0 Å². The van der Waals surface area contributed by atoms with Gasteiger partial charge in [0, 0.05) is 21.3 Å². The minimum atomic E-state index is -0.752. The van der Waals surface area contributed by atoms with Crippen LogP contribution in [0.1, 0.15) is 40.8 Å². The van der Waals surface area contributed by atoms with Crippen molar-refractivity contribution in [2.24, 2.45) is 4.99 Å². The van der Waals surface area contributed by atoms with Gasteiger partial charge in [0.1, 0.15) is 12.4 Å². The molecule has 2 heterocycles. The third-order valence-electron chi connectivity index (χ3n) is 8.03. The number of methoxy groups -OCH3 is 1. The van der Waals surface area contributed by atoms with Crippen LogP contribution in [-0.4, -0.2) is 17.6 Å². The molecule has 1 aliphatic heterocycles. The molecule has 1 aliphatic rings. The topological polar surface area (TPSA) is 81.9 Å². The van der Waals surface area contributed by atoms with Gasteiger partial charge in [0.15, 0.2) is 10.6 Å². The van der Waals surface area contributed by atoms with Crippen LogP contribution in [0.25, 0.3) is 6.08 Å². The number of fused-ring (bicyclic) bond motifs is 1. The van der Waals surface area contributed by atoms with Gasteiger partial charge in [0.05, 0.1) is 39.0 Å². The molecular formula is C37H29Cl4N3O4S. The van der Waals surface area contributed by atoms with E-state index < -0.39 is 6.04 Å². The van der Waals surface area contributed by atoms with Crippen LogP contribution >= 0.6 is 57.7 Å². The summed E-state index contributed by atoms with van der Waals surface area (Å²) in [6, 6.07) is 20.8. The summed E-state index contributed by atoms with van der Waals surface area (Å²) in [7, 11) is 1.58. The molecule has 250 valence electrons. The summed E-state index contributed by atoms with van der Waals surface area (Å²) in [6.45, 7) is 5.83. The molecule has 0 aliphatic carbocycles. The lowest BCUT2D eigenvalue weighted by Crippen LogP contribution is -2.40. The largest absolute Gasteiger partial charge is 0.497 e. The van der Waals surface area contributed by atoms with Crippen LogP contribution in [0, 0.1) is 13.8 Å². The Bertz CT molecular complexity index is 2310. The van der Waals surface area contributed by atoms with E-state index in [1.54, 1.807) is 67.1 Å². The number of halogens is 4. The van der Waals surface area contributed by atoms with Crippen LogP contribution in [0.2, 0.25) is 20.1 Å². The summed E-state index contributed by atoms with van der Waals surface area (Å²) in [6.07, 6.45) is 1.70. The fourth-order valence-corrected chi connectivity index (χ4v) is 7.72. The third-order valence-corrected chi connectivity index (χ3v) is 10.2. The Kier molecular flexibility index (Phi) is 10.2. The van der Waals surface area contributed by atoms with E-state index in [1.807, 2.05) is 44.2 Å². The Morgan fingerprint density at radius 2 is 1.65 bits per heavy atom. The van der Waals surface area contributed by atoms with Crippen molar-refractivity contribution in [3.8, 4) is 11.5 Å². The van der Waals surface area contributed by atoms with Gasteiger partial charge >= 0.3 is 0 Å². The smallest absolute Gasteiger partial charge is 0.271 e. The highest BCUT2D eigenvalue weighted by atomic mass is 35.5. The molecule has 0 saturated carbocycles. The van der Waals surface area contributed by atoms with E-state index in [2.05, 4.69) is 5.32 Å². The number of aryl methyl sites for hydroxylation is 2. The molecule has 0 saturated heterocycles. The number of amides is 1. The molecule has 0 radical (unpaired) electrons. The molecular weight excluding hydrogens is 724 g/mol. The number of hydrogen-bond donors (Lipinski definition) is 1. The van der Waals surface area contributed by atoms with E-state index in [4.69, 9.17) is 60.9 Å². The molecule has 5 aromatic rings. The summed E-state index contributed by atoms with van der Waals surface area (Å²) in [4.78, 5) is 33.4. The molecule has 1 aromatic heterocycles. The first-order valence-electron chi connectivity index (χ1n) is 15.0. The van der Waals surface area contributed by atoms with Crippen molar-refractivity contribution in [3.05, 3.63) is 152 Å². The second-order valence-corrected chi connectivity index (χ2v) is 14.1. The van der Waals surface area contributed by atoms with Gasteiger partial charge in [-0.1, -0.05) is 93.6 Å². The van der Waals surface area contributed by atoms with Gasteiger partial charge in [0.25, 0.3) is 11.5 Å². The number of rotatable bonds is 8. The lowest BCUT2D eigenvalue weighted by Gasteiger charge is -2.25. The van der Waals surface area contributed by atoms with Crippen molar-refractivity contribution < 1.29 is 14.3 Å². The zero-order valence-corrected chi connectivity index (χ0v) is 30.6. The van der Waals surface area contributed by atoms with E-state index >= 15 is 0 Å². The summed E-state index contributed by atoms with van der Waals surface area (Å²) in [5, 5.41) is 4.54. The number of benzene rings is 4. The number of allylic oxidation sites excluding steroid dienone is 1. The Hall–Kier alpha value is -4.05. The number of hydrogen-bond acceptors (Lipinski definition) is 6. The van der Waals surface area contributed by atoms with Crippen LogP contribution in [0.4, 0.5) is 5.69 Å². The third kappa shape index (κ3) is 7.30. The Morgan fingerprint density at radius 1 is 0.939 bits per heavy atom. The SMILES string of the molecule is COc1ccc([C@H]2C(C(=O)Nc3ccc(C)cc3C)=C(C)N=c3s/c(=C/c4cc(Cl)c(OCc5ccc(Cl)cc5Cl)c(Cl)c4)c(=O)n32)cc1. The van der Waals surface area contributed by atoms with Crippen molar-refractivity contribution >= 4 is 75.4 Å². The monoisotopic (exact) mass is 751 g/mol. The van der Waals surface area contributed by atoms with E-state index in [9.17, 15) is 9.59 Å². The van der Waals surface area contributed by atoms with Crippen molar-refractivity contribution in [2.75, 3.05) is 12.4 Å². The summed E-state index contributed by atoms with van der Waals surface area (Å²) >= 11 is 26.7. The van der Waals surface area contributed by atoms with Gasteiger partial charge in [0.2, 0.25) is 0 Å². The fourth-order valence-electron chi connectivity index (χ4n) is 5.60. The standard InChI is InChI=1S/C37H29Cl4N3O4S/c1-19-5-12-30(20(2)13-19)43-35(45)32-21(3)42-37-44(33(32)23-7-10-26(47-4)11-8-23)36(46)31(49-37)16-22-14-28(40)34(29(41)15-22)48-18-24-6-9-25(38)17-27(24)39/h5-17,33H,18H2,1-4H3,(H,43,45)/b31-16+/t33-/m0/s1. The first kappa shape index (κ1) is 34.8. The van der Waals surface area contributed by atoms with E-state index in [0.717, 1.165) is 16.7 Å². The average Bonchev–Trinajstić information content (AvgIpc) is 3.35. The first-order valence-corrected chi connectivity index (χ1v) is 17.4. The summed E-state index contributed by atoms with van der Waals surface area (Å²) in [5.41, 5.74) is 5.25. The Labute approximate surface area is 306 Å². The maximum absolute atomic E-state index is 14.2. The number of nitrogens with zero attached hydrogens (tertiary/aromatic N) is 2. The molecule has 1 N–H and O–H groups in total. The van der Waals surface area contributed by atoms with Gasteiger partial charge in [-0.05, 0) is 86.0 Å². The van der Waals surface area contributed by atoms with Gasteiger partial charge in [-0.25, -0.2) is 4.99 Å². The molecule has 6 rings (SSSR count). The summed E-state index contributed by atoms with van der Waals surface area (Å²) < 4.78 is 13.2. The zero-order chi connectivity index (χ0) is 35.0. The second kappa shape index (κ2) is 14.4. The first-order chi connectivity index (χ1) is 23.4. The highest BCUT2D eigenvalue weighted by Crippen LogP contribution is 2.36. The maximum Gasteiger partial charge on any atom is 0.271 e. The van der Waals surface area contributed by atoms with Crippen LogP contribution in [-0.2, 0) is 11.4 Å². The molecule has 7 nitrogen and oxygen atoms in total. The molecule has 12 heteroatoms. The van der Waals surface area contributed by atoms with E-state index in [1.165, 1.54) is 11.3 Å². The molecule has 0 unspecified atom stereocenters. The minimum Gasteiger partial charge on any atom is -0.497 e. The van der Waals surface area contributed by atoms with Gasteiger partial charge in [-0.15, -0.1) is 0 Å². The highest BCUT2D eigenvalue weighted by Gasteiger charge is 2.33. The molecule has 1 amide bonds. The van der Waals surface area contributed by atoms with E-state index in [0.29, 0.717) is 53.2 Å². The molecule has 0 spiro atoms. The number of aromatic nitrogens is 1. The molecule has 0 fully saturated rings.